The van der Waals surface area contributed by atoms with E-state index in [1.54, 1.807) is 28.7 Å². The Morgan fingerprint density at radius 3 is 2.65 bits per heavy atom. The van der Waals surface area contributed by atoms with Gasteiger partial charge in [0.15, 0.2) is 0 Å². The fraction of sp³-hybridized carbons (Fsp3) is 0.389. The van der Waals surface area contributed by atoms with Crippen molar-refractivity contribution in [3.05, 3.63) is 47.8 Å². The first kappa shape index (κ1) is 18.5. The molecule has 0 fully saturated rings. The van der Waals surface area contributed by atoms with Gasteiger partial charge in [-0.25, -0.2) is 13.1 Å². The summed E-state index contributed by atoms with van der Waals surface area (Å²) >= 11 is 0. The van der Waals surface area contributed by atoms with E-state index in [9.17, 15) is 13.2 Å². The van der Waals surface area contributed by atoms with Gasteiger partial charge in [-0.3, -0.25) is 4.79 Å². The minimum atomic E-state index is -3.74. The zero-order valence-electron chi connectivity index (χ0n) is 15.1. The predicted octanol–water partition coefficient (Wildman–Crippen LogP) is 1.84. The second-order valence-corrected chi connectivity index (χ2v) is 8.25. The van der Waals surface area contributed by atoms with E-state index >= 15 is 0 Å². The molecule has 140 valence electrons. The molecule has 8 heteroatoms. The number of rotatable bonds is 6. The maximum atomic E-state index is 12.7. The quantitative estimate of drug-likeness (QED) is 0.833. The van der Waals surface area contributed by atoms with Crippen LogP contribution in [0.25, 0.3) is 0 Å². The molecular formula is C18H23N3O4S. The fourth-order valence-electron chi connectivity index (χ4n) is 3.06. The number of hydrogen-bond acceptors (Lipinski definition) is 4. The third kappa shape index (κ3) is 3.47. The van der Waals surface area contributed by atoms with Crippen LogP contribution in [0.2, 0.25) is 0 Å². The van der Waals surface area contributed by atoms with Crippen LogP contribution in [0.3, 0.4) is 0 Å². The van der Waals surface area contributed by atoms with Crippen molar-refractivity contribution in [2.75, 3.05) is 13.7 Å². The van der Waals surface area contributed by atoms with E-state index < -0.39 is 10.0 Å². The van der Waals surface area contributed by atoms with Gasteiger partial charge in [0.1, 0.15) is 16.3 Å². The van der Waals surface area contributed by atoms with Crippen LogP contribution in [-0.4, -0.2) is 43.5 Å². The summed E-state index contributed by atoms with van der Waals surface area (Å²) in [6.07, 6.45) is 1.52. The molecule has 26 heavy (non-hydrogen) atoms. The third-order valence-corrected chi connectivity index (χ3v) is 5.88. The molecule has 1 aromatic heterocycles. The molecule has 0 aliphatic carbocycles. The highest BCUT2D eigenvalue weighted by Gasteiger charge is 2.29. The molecule has 7 nitrogen and oxygen atoms in total. The smallest absolute Gasteiger partial charge is 0.270 e. The van der Waals surface area contributed by atoms with Crippen molar-refractivity contribution in [2.45, 2.75) is 37.9 Å². The number of carbonyl (C=O) groups excluding carboxylic acids is 1. The number of aromatic nitrogens is 1. The van der Waals surface area contributed by atoms with Crippen LogP contribution in [0.5, 0.6) is 5.75 Å². The van der Waals surface area contributed by atoms with Gasteiger partial charge < -0.3 is 14.2 Å². The van der Waals surface area contributed by atoms with E-state index in [-0.39, 0.29) is 23.4 Å². The zero-order chi connectivity index (χ0) is 18.9. The summed E-state index contributed by atoms with van der Waals surface area (Å²) in [7, 11) is -2.19. The van der Waals surface area contributed by atoms with E-state index in [0.717, 1.165) is 5.56 Å². The third-order valence-electron chi connectivity index (χ3n) is 4.51. The molecule has 1 aromatic carbocycles. The lowest BCUT2D eigenvalue weighted by molar-refractivity contribution is 0.0649. The first-order valence-corrected chi connectivity index (χ1v) is 9.94. The second-order valence-electron chi connectivity index (χ2n) is 6.48. The van der Waals surface area contributed by atoms with Crippen molar-refractivity contribution >= 4 is 15.9 Å². The minimum Gasteiger partial charge on any atom is -0.496 e. The maximum Gasteiger partial charge on any atom is 0.270 e. The van der Waals surface area contributed by atoms with Crippen LogP contribution in [0.15, 0.2) is 41.4 Å². The number of carbonyl (C=O) groups is 1. The molecule has 0 saturated carbocycles. The van der Waals surface area contributed by atoms with Crippen LogP contribution in [-0.2, 0) is 23.1 Å². The maximum absolute atomic E-state index is 12.7. The molecule has 1 amide bonds. The lowest BCUT2D eigenvalue weighted by atomic mass is 10.2. The number of methoxy groups -OCH3 is 1. The first-order chi connectivity index (χ1) is 12.3. The van der Waals surface area contributed by atoms with Gasteiger partial charge in [0, 0.05) is 37.4 Å². The summed E-state index contributed by atoms with van der Waals surface area (Å²) in [5.74, 6) is 0.478. The van der Waals surface area contributed by atoms with Crippen LogP contribution in [0.1, 0.15) is 29.9 Å². The Bertz CT molecular complexity index is 918. The number of fused-ring (bicyclic) bond motifs is 1. The highest BCUT2D eigenvalue weighted by Crippen LogP contribution is 2.22. The number of benzene rings is 1. The average Bonchev–Trinajstić information content (AvgIpc) is 3.06. The number of ether oxygens (including phenoxy) is 1. The molecule has 1 N–H and O–H groups in total. The van der Waals surface area contributed by atoms with Gasteiger partial charge in [0.05, 0.1) is 7.11 Å². The molecule has 0 spiro atoms. The van der Waals surface area contributed by atoms with E-state index in [2.05, 4.69) is 4.72 Å². The van der Waals surface area contributed by atoms with Gasteiger partial charge in [0.2, 0.25) is 10.0 Å². The van der Waals surface area contributed by atoms with Crippen molar-refractivity contribution in [2.24, 2.45) is 0 Å². The van der Waals surface area contributed by atoms with Gasteiger partial charge in [0.25, 0.3) is 5.91 Å². The van der Waals surface area contributed by atoms with Crippen LogP contribution in [0, 0.1) is 0 Å². The Labute approximate surface area is 153 Å². The van der Waals surface area contributed by atoms with Crippen molar-refractivity contribution in [1.29, 1.82) is 0 Å². The van der Waals surface area contributed by atoms with Crippen LogP contribution < -0.4 is 9.46 Å². The highest BCUT2D eigenvalue weighted by molar-refractivity contribution is 7.89. The number of sulfonamides is 1. The Balaban J connectivity index is 1.81. The average molecular weight is 377 g/mol. The number of hydrogen-bond donors (Lipinski definition) is 1. The number of nitrogens with one attached hydrogen (secondary N) is 1. The molecular weight excluding hydrogens is 354 g/mol. The molecule has 0 saturated heterocycles. The van der Waals surface area contributed by atoms with Crippen molar-refractivity contribution in [3.8, 4) is 5.75 Å². The van der Waals surface area contributed by atoms with E-state index in [4.69, 9.17) is 4.74 Å². The van der Waals surface area contributed by atoms with Gasteiger partial charge in [-0.05, 0) is 26.0 Å². The number of para-hydroxylation sites is 1. The summed E-state index contributed by atoms with van der Waals surface area (Å²) < 4.78 is 34.8. The minimum absolute atomic E-state index is 0.0786. The molecule has 1 aliphatic rings. The fourth-order valence-corrected chi connectivity index (χ4v) is 4.10. The SMILES string of the molecule is COc1ccccc1CNS(=O)(=O)c1cc2n(c1)CCN(C(C)C)C2=O. The molecule has 3 rings (SSSR count). The number of amides is 1. The van der Waals surface area contributed by atoms with Gasteiger partial charge in [-0.15, -0.1) is 0 Å². The summed E-state index contributed by atoms with van der Waals surface area (Å²) in [4.78, 5) is 14.4. The normalized spacial score (nSPS) is 14.6. The first-order valence-electron chi connectivity index (χ1n) is 8.46. The van der Waals surface area contributed by atoms with Crippen molar-refractivity contribution in [1.82, 2.24) is 14.2 Å². The van der Waals surface area contributed by atoms with Gasteiger partial charge in [-0.1, -0.05) is 18.2 Å². The Hall–Kier alpha value is -2.32. The molecule has 2 aromatic rings. The van der Waals surface area contributed by atoms with E-state index in [1.807, 2.05) is 26.0 Å². The topological polar surface area (TPSA) is 80.6 Å². The lowest BCUT2D eigenvalue weighted by Gasteiger charge is -2.31. The number of nitrogens with zero attached hydrogens (tertiary/aromatic N) is 2. The molecule has 0 unspecified atom stereocenters. The van der Waals surface area contributed by atoms with Crippen molar-refractivity contribution < 1.29 is 17.9 Å². The summed E-state index contributed by atoms with van der Waals surface area (Å²) in [6, 6.07) is 8.75. The Kier molecular flexibility index (Phi) is 5.06. The summed E-state index contributed by atoms with van der Waals surface area (Å²) in [5, 5.41) is 0. The van der Waals surface area contributed by atoms with E-state index in [1.165, 1.54) is 12.3 Å². The standard InChI is InChI=1S/C18H23N3O4S/c1-13(2)21-9-8-20-12-15(10-16(20)18(21)22)26(23,24)19-11-14-6-4-5-7-17(14)25-3/h4-7,10,12-13,19H,8-9,11H2,1-3H3. The van der Waals surface area contributed by atoms with E-state index in [0.29, 0.717) is 24.5 Å². The van der Waals surface area contributed by atoms with Gasteiger partial charge >= 0.3 is 0 Å². The van der Waals surface area contributed by atoms with Crippen LogP contribution >= 0.6 is 0 Å². The molecule has 2 heterocycles. The second kappa shape index (κ2) is 7.13. The lowest BCUT2D eigenvalue weighted by Crippen LogP contribution is -2.43. The largest absolute Gasteiger partial charge is 0.496 e. The molecule has 0 atom stereocenters. The highest BCUT2D eigenvalue weighted by atomic mass is 32.2. The summed E-state index contributed by atoms with van der Waals surface area (Å²) in [5.41, 5.74) is 1.15. The summed E-state index contributed by atoms with van der Waals surface area (Å²) in [6.45, 7) is 5.17. The molecule has 1 aliphatic heterocycles. The predicted molar refractivity (Wildman–Crippen MR) is 97.6 cm³/mol. The van der Waals surface area contributed by atoms with Crippen LogP contribution in [0.4, 0.5) is 0 Å². The van der Waals surface area contributed by atoms with Crippen molar-refractivity contribution in [3.63, 3.8) is 0 Å². The molecule has 0 radical (unpaired) electrons. The zero-order valence-corrected chi connectivity index (χ0v) is 15.9. The van der Waals surface area contributed by atoms with Gasteiger partial charge in [-0.2, -0.15) is 0 Å². The monoisotopic (exact) mass is 377 g/mol. The Morgan fingerprint density at radius 2 is 1.96 bits per heavy atom. The molecule has 0 bridgehead atoms. The Morgan fingerprint density at radius 1 is 1.23 bits per heavy atom.